The van der Waals surface area contributed by atoms with Crippen molar-refractivity contribution in [3.63, 3.8) is 0 Å². The second-order valence-electron chi connectivity index (χ2n) is 19.7. The highest BCUT2D eigenvalue weighted by Gasteiger charge is 2.82. The summed E-state index contributed by atoms with van der Waals surface area (Å²) in [7, 11) is 0. The first-order chi connectivity index (χ1) is 23.8. The molecule has 1 saturated heterocycles. The third kappa shape index (κ3) is 3.92. The maximum atomic E-state index is 15.0. The first-order valence-electron chi connectivity index (χ1n) is 19.8. The molecule has 0 aromatic heterocycles. The summed E-state index contributed by atoms with van der Waals surface area (Å²) in [6.45, 7) is 10.2. The van der Waals surface area contributed by atoms with Crippen molar-refractivity contribution in [3.8, 4) is 11.5 Å². The molecule has 0 unspecified atom stereocenters. The van der Waals surface area contributed by atoms with Gasteiger partial charge in [-0.15, -0.1) is 0 Å². The van der Waals surface area contributed by atoms with Crippen LogP contribution >= 0.6 is 0 Å². The molecule has 6 fully saturated rings. The molecular formula is C42H58O9. The first kappa shape index (κ1) is 34.7. The van der Waals surface area contributed by atoms with E-state index in [4.69, 9.17) is 4.74 Å². The lowest BCUT2D eigenvalue weighted by atomic mass is 9.36. The minimum atomic E-state index is -1.62. The van der Waals surface area contributed by atoms with Crippen LogP contribution in [0.15, 0.2) is 23.8 Å². The predicted molar refractivity (Wildman–Crippen MR) is 188 cm³/mol. The van der Waals surface area contributed by atoms with Crippen LogP contribution in [0.4, 0.5) is 0 Å². The van der Waals surface area contributed by atoms with Crippen molar-refractivity contribution in [3.05, 3.63) is 34.9 Å². The van der Waals surface area contributed by atoms with Crippen LogP contribution in [0.25, 0.3) is 0 Å². The molecule has 7 aliphatic carbocycles. The fraction of sp³-hybridized carbons (Fsp3) is 0.786. The zero-order valence-corrected chi connectivity index (χ0v) is 30.9. The van der Waals surface area contributed by atoms with E-state index in [2.05, 4.69) is 27.7 Å². The fourth-order valence-electron chi connectivity index (χ4n) is 15.4. The fourth-order valence-corrected chi connectivity index (χ4v) is 15.4. The van der Waals surface area contributed by atoms with Gasteiger partial charge in [0.15, 0.2) is 5.78 Å². The molecule has 15 atom stereocenters. The number of benzene rings is 1. The zero-order valence-electron chi connectivity index (χ0n) is 30.9. The Morgan fingerprint density at radius 1 is 0.882 bits per heavy atom. The van der Waals surface area contributed by atoms with E-state index in [1.54, 1.807) is 12.1 Å². The summed E-state index contributed by atoms with van der Waals surface area (Å²) in [4.78, 5) is 15.0. The molecule has 280 valence electrons. The number of allylic oxidation sites excluding steroid dienone is 1. The molecule has 1 aromatic carbocycles. The number of hydrogen-bond donors (Lipinski definition) is 7. The molecule has 9 rings (SSSR count). The van der Waals surface area contributed by atoms with Crippen LogP contribution in [0.1, 0.15) is 122 Å². The van der Waals surface area contributed by atoms with Crippen LogP contribution in [-0.4, -0.2) is 82.2 Å². The highest BCUT2D eigenvalue weighted by Crippen LogP contribution is 2.79. The zero-order chi connectivity index (χ0) is 36.5. The molecule has 1 heterocycles. The Morgan fingerprint density at radius 3 is 2.29 bits per heavy atom. The summed E-state index contributed by atoms with van der Waals surface area (Å²) in [5.74, 6) is -2.61. The van der Waals surface area contributed by atoms with Crippen molar-refractivity contribution in [1.82, 2.24) is 0 Å². The maximum absolute atomic E-state index is 15.0. The SMILES string of the molecule is C[C@H]1[C@H](C)CCC[C@]2(O[C@H]3C[C@@]4(O)C5=CC(=O)[C@@H]6[C@H]7c8cc(O)cc(O)c8CC[C@]7(O)[C@@H](O)C[C@]6(C)[C@H]5C5(CCCC5)C[C@]4(C)[C@H]3[C@@]2(C)O)[C@H]1O. The second-order valence-corrected chi connectivity index (χ2v) is 19.7. The number of aromatic hydroxyl groups is 2. The molecule has 5 saturated carbocycles. The predicted octanol–water partition coefficient (Wildman–Crippen LogP) is 4.80. The smallest absolute Gasteiger partial charge is 0.160 e. The van der Waals surface area contributed by atoms with Gasteiger partial charge in [0.25, 0.3) is 0 Å². The molecule has 0 bridgehead atoms. The van der Waals surface area contributed by atoms with Gasteiger partial charge in [-0.1, -0.05) is 53.4 Å². The highest BCUT2D eigenvalue weighted by atomic mass is 16.6. The quantitative estimate of drug-likeness (QED) is 0.201. The molecule has 51 heavy (non-hydrogen) atoms. The third-order valence-corrected chi connectivity index (χ3v) is 17.5. The van der Waals surface area contributed by atoms with E-state index in [1.807, 2.05) is 6.92 Å². The molecule has 8 aliphatic rings. The Hall–Kier alpha value is -2.01. The van der Waals surface area contributed by atoms with Gasteiger partial charge < -0.3 is 40.5 Å². The summed E-state index contributed by atoms with van der Waals surface area (Å²) in [6.07, 6.45) is 6.66. The Bertz CT molecular complexity index is 1710. The molecule has 7 N–H and O–H groups in total. The molecule has 9 nitrogen and oxygen atoms in total. The minimum absolute atomic E-state index is 0.0675. The normalized spacial score (nSPS) is 53.8. The van der Waals surface area contributed by atoms with Gasteiger partial charge in [-0.2, -0.15) is 0 Å². The Labute approximate surface area is 301 Å². The number of aliphatic hydroxyl groups excluding tert-OH is 2. The second kappa shape index (κ2) is 10.4. The van der Waals surface area contributed by atoms with E-state index in [1.165, 1.54) is 6.07 Å². The van der Waals surface area contributed by atoms with Gasteiger partial charge in [0.1, 0.15) is 17.1 Å². The number of carbonyl (C=O) groups excluding carboxylic acids is 1. The van der Waals surface area contributed by atoms with Crippen molar-refractivity contribution >= 4 is 5.78 Å². The molecule has 0 radical (unpaired) electrons. The Morgan fingerprint density at radius 2 is 1.59 bits per heavy atom. The number of fused-ring (bicyclic) bond motifs is 12. The van der Waals surface area contributed by atoms with Crippen LogP contribution in [0, 0.1) is 45.8 Å². The number of phenols is 2. The van der Waals surface area contributed by atoms with Crippen LogP contribution in [-0.2, 0) is 16.0 Å². The van der Waals surface area contributed by atoms with E-state index in [-0.39, 0.29) is 59.7 Å². The monoisotopic (exact) mass is 706 g/mol. The molecule has 1 aromatic rings. The summed E-state index contributed by atoms with van der Waals surface area (Å²) in [5, 5.41) is 84.2. The van der Waals surface area contributed by atoms with Gasteiger partial charge in [-0.3, -0.25) is 4.79 Å². The maximum Gasteiger partial charge on any atom is 0.160 e. The number of ketones is 1. The standard InChI is InChI=1S/C42H58O9/c1-21-9-8-13-42(35(47)22(21)2)38(5,48)34-29(51-42)18-41(50)26-17-28(45)32-31-25-15-23(43)16-27(44)24(25)10-14-40(31,49)30(46)19-36(32,3)33(26)39(11-6-7-12-39)20-37(34,41)4/h15-17,21-22,29-35,43-44,46-50H,6-14,18-20H2,1-5H3/t21-,22+,29+,30+,31-,32-,33+,34+,35+,36+,37-,38-,40+,41-,42+/m1/s1. The number of hydrogen-bond acceptors (Lipinski definition) is 9. The van der Waals surface area contributed by atoms with Crippen molar-refractivity contribution in [2.45, 2.75) is 158 Å². The largest absolute Gasteiger partial charge is 0.508 e. The lowest BCUT2D eigenvalue weighted by molar-refractivity contribution is -0.237. The lowest BCUT2D eigenvalue weighted by Crippen LogP contribution is -2.71. The Kier molecular flexibility index (Phi) is 7.08. The summed E-state index contributed by atoms with van der Waals surface area (Å²) in [5.41, 5.74) is -6.01. The van der Waals surface area contributed by atoms with E-state index in [0.717, 1.165) is 38.5 Å². The lowest BCUT2D eigenvalue weighted by Gasteiger charge is -2.69. The number of carbonyl (C=O) groups is 1. The van der Waals surface area contributed by atoms with Gasteiger partial charge in [-0.25, -0.2) is 0 Å². The van der Waals surface area contributed by atoms with E-state index < -0.39 is 69.3 Å². The van der Waals surface area contributed by atoms with Gasteiger partial charge in [0, 0.05) is 35.7 Å². The number of rotatable bonds is 0. The van der Waals surface area contributed by atoms with E-state index in [9.17, 15) is 40.5 Å². The average molecular weight is 707 g/mol. The number of ether oxygens (including phenoxy) is 1. The Balaban J connectivity index is 1.21. The molecular weight excluding hydrogens is 648 g/mol. The number of phenolic OH excluding ortho intramolecular Hbond substituents is 2. The van der Waals surface area contributed by atoms with E-state index >= 15 is 0 Å². The van der Waals surface area contributed by atoms with Gasteiger partial charge in [0.05, 0.1) is 35.1 Å². The average Bonchev–Trinajstić information content (AvgIpc) is 3.63. The molecule has 1 aliphatic heterocycles. The molecule has 0 amide bonds. The van der Waals surface area contributed by atoms with Crippen LogP contribution in [0.3, 0.4) is 0 Å². The summed E-state index contributed by atoms with van der Waals surface area (Å²) in [6, 6.07) is 2.84. The topological polar surface area (TPSA) is 168 Å². The van der Waals surface area contributed by atoms with Crippen LogP contribution in [0.2, 0.25) is 0 Å². The molecule has 2 spiro atoms. The van der Waals surface area contributed by atoms with Crippen LogP contribution in [0.5, 0.6) is 11.5 Å². The van der Waals surface area contributed by atoms with Gasteiger partial charge in [0.2, 0.25) is 0 Å². The third-order valence-electron chi connectivity index (χ3n) is 17.5. The van der Waals surface area contributed by atoms with Crippen molar-refractivity contribution in [2.75, 3.05) is 0 Å². The summed E-state index contributed by atoms with van der Waals surface area (Å²) < 4.78 is 7.02. The van der Waals surface area contributed by atoms with Crippen molar-refractivity contribution in [1.29, 1.82) is 0 Å². The first-order valence-corrected chi connectivity index (χ1v) is 19.8. The number of aliphatic hydroxyl groups is 5. The van der Waals surface area contributed by atoms with Crippen LogP contribution < -0.4 is 0 Å². The molecule has 9 heteroatoms. The van der Waals surface area contributed by atoms with Gasteiger partial charge >= 0.3 is 0 Å². The van der Waals surface area contributed by atoms with Crippen molar-refractivity contribution < 1.29 is 45.3 Å². The highest BCUT2D eigenvalue weighted by molar-refractivity contribution is 5.96. The minimum Gasteiger partial charge on any atom is -0.508 e. The van der Waals surface area contributed by atoms with Crippen molar-refractivity contribution in [2.24, 2.45) is 45.8 Å². The van der Waals surface area contributed by atoms with Gasteiger partial charge in [-0.05, 0) is 109 Å². The summed E-state index contributed by atoms with van der Waals surface area (Å²) >= 11 is 0. The van der Waals surface area contributed by atoms with E-state index in [0.29, 0.717) is 36.0 Å².